The molecule has 1 aromatic carbocycles. The molecule has 0 radical (unpaired) electrons. The predicted octanol–water partition coefficient (Wildman–Crippen LogP) is 4.49. The van der Waals surface area contributed by atoms with Gasteiger partial charge < -0.3 is 5.32 Å². The van der Waals surface area contributed by atoms with Gasteiger partial charge >= 0.3 is 0 Å². The summed E-state index contributed by atoms with van der Waals surface area (Å²) < 4.78 is 13.1. The minimum absolute atomic E-state index is 0.0654. The second-order valence-electron chi connectivity index (χ2n) is 5.68. The lowest BCUT2D eigenvalue weighted by atomic mass is 10.1. The van der Waals surface area contributed by atoms with Crippen LogP contribution >= 0.6 is 11.3 Å². The van der Waals surface area contributed by atoms with E-state index in [2.05, 4.69) is 22.2 Å². The van der Waals surface area contributed by atoms with E-state index in [1.165, 1.54) is 34.4 Å². The van der Waals surface area contributed by atoms with E-state index in [1.54, 1.807) is 17.7 Å². The molecule has 0 amide bonds. The summed E-state index contributed by atoms with van der Waals surface area (Å²) in [6.07, 6.45) is 5.11. The summed E-state index contributed by atoms with van der Waals surface area (Å²) in [5.41, 5.74) is 2.45. The molecule has 5 heteroatoms. The van der Waals surface area contributed by atoms with Gasteiger partial charge in [0, 0.05) is 10.9 Å². The van der Waals surface area contributed by atoms with Crippen molar-refractivity contribution in [2.75, 3.05) is 5.32 Å². The van der Waals surface area contributed by atoms with Crippen LogP contribution in [0, 0.1) is 5.82 Å². The number of nitrogens with zero attached hydrogens (tertiary/aromatic N) is 2. The fourth-order valence-electron chi connectivity index (χ4n) is 3.08. The van der Waals surface area contributed by atoms with E-state index in [0.717, 1.165) is 29.1 Å². The van der Waals surface area contributed by atoms with E-state index < -0.39 is 0 Å². The van der Waals surface area contributed by atoms with E-state index in [-0.39, 0.29) is 11.9 Å². The second kappa shape index (κ2) is 5.32. The van der Waals surface area contributed by atoms with Crippen LogP contribution in [0.4, 0.5) is 10.2 Å². The fourth-order valence-corrected chi connectivity index (χ4v) is 4.31. The molecule has 3 nitrogen and oxygen atoms in total. The van der Waals surface area contributed by atoms with Gasteiger partial charge in [0.1, 0.15) is 22.8 Å². The lowest BCUT2D eigenvalue weighted by Gasteiger charge is -2.16. The molecule has 0 spiro atoms. The maximum absolute atomic E-state index is 13.1. The number of nitrogens with one attached hydrogen (secondary N) is 1. The molecule has 0 saturated carbocycles. The lowest BCUT2D eigenvalue weighted by Crippen LogP contribution is -2.08. The molecule has 0 saturated heterocycles. The highest BCUT2D eigenvalue weighted by atomic mass is 32.1. The number of thiophene rings is 1. The first-order valence-corrected chi connectivity index (χ1v) is 8.31. The number of aryl methyl sites for hydroxylation is 2. The van der Waals surface area contributed by atoms with Crippen LogP contribution in [-0.2, 0) is 12.8 Å². The molecule has 2 aromatic heterocycles. The fraction of sp³-hybridized carbons (Fsp3) is 0.294. The van der Waals surface area contributed by atoms with E-state index >= 15 is 0 Å². The third-order valence-electron chi connectivity index (χ3n) is 4.22. The SMILES string of the molecule is C[C@H](Nc1ncnc2sc3c(c12)CCC3)c1ccc(F)cc1. The van der Waals surface area contributed by atoms with Crippen molar-refractivity contribution in [3.05, 3.63) is 52.4 Å². The van der Waals surface area contributed by atoms with E-state index in [9.17, 15) is 4.39 Å². The van der Waals surface area contributed by atoms with Gasteiger partial charge in [-0.25, -0.2) is 14.4 Å². The second-order valence-corrected chi connectivity index (χ2v) is 6.76. The summed E-state index contributed by atoms with van der Waals surface area (Å²) in [5, 5.41) is 4.64. The first kappa shape index (κ1) is 13.6. The smallest absolute Gasteiger partial charge is 0.138 e. The molecule has 0 bridgehead atoms. The number of aromatic nitrogens is 2. The average Bonchev–Trinajstić information content (AvgIpc) is 3.08. The van der Waals surface area contributed by atoms with Crippen molar-refractivity contribution in [1.29, 1.82) is 0 Å². The van der Waals surface area contributed by atoms with Gasteiger partial charge in [-0.3, -0.25) is 0 Å². The highest BCUT2D eigenvalue weighted by molar-refractivity contribution is 7.19. The van der Waals surface area contributed by atoms with Gasteiger partial charge in [0.2, 0.25) is 0 Å². The number of hydrogen-bond acceptors (Lipinski definition) is 4. The van der Waals surface area contributed by atoms with Crippen molar-refractivity contribution in [2.45, 2.75) is 32.2 Å². The van der Waals surface area contributed by atoms with E-state index in [0.29, 0.717) is 0 Å². The molecule has 22 heavy (non-hydrogen) atoms. The summed E-state index contributed by atoms with van der Waals surface area (Å²) in [6, 6.07) is 6.67. The lowest BCUT2D eigenvalue weighted by molar-refractivity contribution is 0.626. The minimum atomic E-state index is -0.212. The quantitative estimate of drug-likeness (QED) is 0.774. The number of fused-ring (bicyclic) bond motifs is 3. The zero-order valence-corrected chi connectivity index (χ0v) is 13.1. The van der Waals surface area contributed by atoms with Gasteiger partial charge in [0.05, 0.1) is 5.39 Å². The van der Waals surface area contributed by atoms with Crippen LogP contribution < -0.4 is 5.32 Å². The topological polar surface area (TPSA) is 37.8 Å². The molecule has 4 rings (SSSR count). The van der Waals surface area contributed by atoms with Gasteiger partial charge in [-0.1, -0.05) is 12.1 Å². The first-order chi connectivity index (χ1) is 10.7. The van der Waals surface area contributed by atoms with Crippen LogP contribution in [0.15, 0.2) is 30.6 Å². The Balaban J connectivity index is 1.71. The molecule has 0 aliphatic heterocycles. The largest absolute Gasteiger partial charge is 0.363 e. The van der Waals surface area contributed by atoms with Crippen LogP contribution in [0.2, 0.25) is 0 Å². The van der Waals surface area contributed by atoms with Crippen molar-refractivity contribution in [3.8, 4) is 0 Å². The van der Waals surface area contributed by atoms with Crippen molar-refractivity contribution in [1.82, 2.24) is 9.97 Å². The van der Waals surface area contributed by atoms with Gasteiger partial charge in [-0.15, -0.1) is 11.3 Å². The summed E-state index contributed by atoms with van der Waals surface area (Å²) in [6.45, 7) is 2.06. The number of benzene rings is 1. The molecule has 1 atom stereocenters. The third kappa shape index (κ3) is 2.25. The van der Waals surface area contributed by atoms with Gasteiger partial charge in [0.25, 0.3) is 0 Å². The Kier molecular flexibility index (Phi) is 3.30. The monoisotopic (exact) mass is 313 g/mol. The minimum Gasteiger partial charge on any atom is -0.363 e. The Morgan fingerprint density at radius 3 is 2.82 bits per heavy atom. The maximum atomic E-state index is 13.1. The standard InChI is InChI=1S/C17H16FN3S/c1-10(11-5-7-12(18)8-6-11)21-16-15-13-3-2-4-14(13)22-17(15)20-9-19-16/h5-10H,2-4H2,1H3,(H,19,20,21)/t10-/m0/s1. The molecule has 2 heterocycles. The Morgan fingerprint density at radius 2 is 2.00 bits per heavy atom. The number of halogens is 1. The highest BCUT2D eigenvalue weighted by Crippen LogP contribution is 2.39. The van der Waals surface area contributed by atoms with Crippen molar-refractivity contribution in [3.63, 3.8) is 0 Å². The normalized spacial score (nSPS) is 15.0. The van der Waals surface area contributed by atoms with Crippen molar-refractivity contribution < 1.29 is 4.39 Å². The van der Waals surface area contributed by atoms with Gasteiger partial charge in [0.15, 0.2) is 0 Å². The Morgan fingerprint density at radius 1 is 1.18 bits per heavy atom. The molecule has 112 valence electrons. The molecule has 0 fully saturated rings. The molecule has 1 aliphatic carbocycles. The first-order valence-electron chi connectivity index (χ1n) is 7.49. The predicted molar refractivity (Wildman–Crippen MR) is 87.9 cm³/mol. The Bertz CT molecular complexity index is 826. The third-order valence-corrected chi connectivity index (χ3v) is 5.42. The summed E-state index contributed by atoms with van der Waals surface area (Å²) in [7, 11) is 0. The number of rotatable bonds is 3. The van der Waals surface area contributed by atoms with Crippen LogP contribution in [0.5, 0.6) is 0 Å². The Labute approximate surface area is 132 Å². The molecule has 1 N–H and O–H groups in total. The van der Waals surface area contributed by atoms with E-state index in [4.69, 9.17) is 0 Å². The average molecular weight is 313 g/mol. The molecular formula is C17H16FN3S. The maximum Gasteiger partial charge on any atom is 0.138 e. The zero-order chi connectivity index (χ0) is 15.1. The molecular weight excluding hydrogens is 297 g/mol. The summed E-state index contributed by atoms with van der Waals surface area (Å²) >= 11 is 1.78. The number of hydrogen-bond donors (Lipinski definition) is 1. The Hall–Kier alpha value is -2.01. The highest BCUT2D eigenvalue weighted by Gasteiger charge is 2.21. The van der Waals surface area contributed by atoms with Crippen LogP contribution in [0.25, 0.3) is 10.2 Å². The zero-order valence-electron chi connectivity index (χ0n) is 12.3. The van der Waals surface area contributed by atoms with E-state index in [1.807, 2.05) is 12.1 Å². The molecule has 3 aromatic rings. The van der Waals surface area contributed by atoms with Crippen LogP contribution in [0.1, 0.15) is 35.4 Å². The van der Waals surface area contributed by atoms with Gasteiger partial charge in [-0.05, 0) is 49.4 Å². The van der Waals surface area contributed by atoms with Crippen molar-refractivity contribution >= 4 is 27.4 Å². The molecule has 0 unspecified atom stereocenters. The van der Waals surface area contributed by atoms with Crippen LogP contribution in [-0.4, -0.2) is 9.97 Å². The van der Waals surface area contributed by atoms with Crippen LogP contribution in [0.3, 0.4) is 0 Å². The van der Waals surface area contributed by atoms with Gasteiger partial charge in [-0.2, -0.15) is 0 Å². The van der Waals surface area contributed by atoms with Crippen molar-refractivity contribution in [2.24, 2.45) is 0 Å². The number of anilines is 1. The molecule has 1 aliphatic rings. The summed E-state index contributed by atoms with van der Waals surface area (Å²) in [5.74, 6) is 0.678. The summed E-state index contributed by atoms with van der Waals surface area (Å²) in [4.78, 5) is 11.4.